The number of ether oxygens (including phenoxy) is 1. The molecule has 0 radical (unpaired) electrons. The lowest BCUT2D eigenvalue weighted by Crippen LogP contribution is -2.48. The van der Waals surface area contributed by atoms with Gasteiger partial charge < -0.3 is 10.1 Å². The van der Waals surface area contributed by atoms with Crippen LogP contribution in [0, 0.1) is 0 Å². The van der Waals surface area contributed by atoms with Crippen LogP contribution in [0.5, 0.6) is 0 Å². The van der Waals surface area contributed by atoms with Crippen molar-refractivity contribution in [3.05, 3.63) is 35.9 Å². The lowest BCUT2D eigenvalue weighted by molar-refractivity contribution is 0.0366. The second-order valence-electron chi connectivity index (χ2n) is 5.17. The fourth-order valence-electron chi connectivity index (χ4n) is 2.78. The van der Waals surface area contributed by atoms with Crippen molar-refractivity contribution in [2.75, 3.05) is 19.6 Å². The molecule has 4 nitrogen and oxygen atoms in total. The standard InChI is InChI=1S/C14H18N2O2/c17-13-16(9-12-5-2-1-3-6-12)11-14(18-13)7-4-8-15-10-14/h1-3,5-6,15H,4,7-11H2. The molecule has 2 saturated heterocycles. The van der Waals surface area contributed by atoms with Gasteiger partial charge in [-0.3, -0.25) is 4.90 Å². The minimum absolute atomic E-state index is 0.178. The third-order valence-corrected chi connectivity index (χ3v) is 3.69. The van der Waals surface area contributed by atoms with Gasteiger partial charge in [0.25, 0.3) is 0 Å². The molecule has 2 fully saturated rings. The van der Waals surface area contributed by atoms with E-state index >= 15 is 0 Å². The number of hydrogen-bond donors (Lipinski definition) is 1. The van der Waals surface area contributed by atoms with Gasteiger partial charge in [0.1, 0.15) is 5.60 Å². The van der Waals surface area contributed by atoms with Crippen molar-refractivity contribution in [1.82, 2.24) is 10.2 Å². The zero-order chi connectivity index (χ0) is 12.4. The maximum Gasteiger partial charge on any atom is 0.410 e. The summed E-state index contributed by atoms with van der Waals surface area (Å²) in [5.41, 5.74) is 0.861. The highest BCUT2D eigenvalue weighted by molar-refractivity contribution is 5.70. The highest BCUT2D eigenvalue weighted by Crippen LogP contribution is 2.29. The predicted octanol–water partition coefficient (Wildman–Crippen LogP) is 1.76. The molecule has 1 aromatic rings. The van der Waals surface area contributed by atoms with Gasteiger partial charge in [0.15, 0.2) is 0 Å². The Balaban J connectivity index is 1.69. The van der Waals surface area contributed by atoms with Gasteiger partial charge >= 0.3 is 6.09 Å². The normalized spacial score (nSPS) is 27.6. The van der Waals surface area contributed by atoms with Crippen LogP contribution in [0.15, 0.2) is 30.3 Å². The number of nitrogens with zero attached hydrogens (tertiary/aromatic N) is 1. The van der Waals surface area contributed by atoms with Crippen LogP contribution in [-0.2, 0) is 11.3 Å². The molecule has 2 aliphatic rings. The number of carbonyl (C=O) groups excluding carboxylic acids is 1. The number of piperidine rings is 1. The SMILES string of the molecule is O=C1OC2(CCCNC2)CN1Cc1ccccc1. The molecule has 1 N–H and O–H groups in total. The minimum Gasteiger partial charge on any atom is -0.440 e. The van der Waals surface area contributed by atoms with Crippen molar-refractivity contribution < 1.29 is 9.53 Å². The summed E-state index contributed by atoms with van der Waals surface area (Å²) in [5, 5.41) is 3.32. The van der Waals surface area contributed by atoms with Crippen molar-refractivity contribution in [2.45, 2.75) is 25.0 Å². The quantitative estimate of drug-likeness (QED) is 0.864. The molecule has 18 heavy (non-hydrogen) atoms. The first-order valence-corrected chi connectivity index (χ1v) is 6.50. The first-order chi connectivity index (χ1) is 8.77. The Hall–Kier alpha value is -1.55. The van der Waals surface area contributed by atoms with Crippen molar-refractivity contribution in [3.63, 3.8) is 0 Å². The zero-order valence-corrected chi connectivity index (χ0v) is 10.4. The molecule has 1 aromatic carbocycles. The fourth-order valence-corrected chi connectivity index (χ4v) is 2.78. The number of hydrogen-bond acceptors (Lipinski definition) is 3. The molecule has 96 valence electrons. The Morgan fingerprint density at radius 2 is 2.17 bits per heavy atom. The lowest BCUT2D eigenvalue weighted by Gasteiger charge is -2.31. The second-order valence-corrected chi connectivity index (χ2v) is 5.17. The molecule has 2 aliphatic heterocycles. The lowest BCUT2D eigenvalue weighted by atomic mass is 9.94. The van der Waals surface area contributed by atoms with Crippen LogP contribution >= 0.6 is 0 Å². The van der Waals surface area contributed by atoms with E-state index in [-0.39, 0.29) is 11.7 Å². The summed E-state index contributed by atoms with van der Waals surface area (Å²) in [5.74, 6) is 0. The first-order valence-electron chi connectivity index (χ1n) is 6.50. The van der Waals surface area contributed by atoms with Crippen LogP contribution in [0.25, 0.3) is 0 Å². The van der Waals surface area contributed by atoms with E-state index < -0.39 is 0 Å². The summed E-state index contributed by atoms with van der Waals surface area (Å²) in [6.07, 6.45) is 1.87. The van der Waals surface area contributed by atoms with E-state index in [0.717, 1.165) is 31.5 Å². The number of rotatable bonds is 2. The summed E-state index contributed by atoms with van der Waals surface area (Å²) in [4.78, 5) is 13.7. The summed E-state index contributed by atoms with van der Waals surface area (Å²) in [6, 6.07) is 10.1. The summed E-state index contributed by atoms with van der Waals surface area (Å²) < 4.78 is 5.60. The van der Waals surface area contributed by atoms with Crippen LogP contribution in [0.4, 0.5) is 4.79 Å². The molecular formula is C14H18N2O2. The van der Waals surface area contributed by atoms with Gasteiger partial charge in [-0.25, -0.2) is 4.79 Å². The molecule has 0 bridgehead atoms. The maximum absolute atomic E-state index is 11.9. The molecule has 1 atom stereocenters. The minimum atomic E-state index is -0.288. The average molecular weight is 246 g/mol. The Bertz CT molecular complexity index is 427. The largest absolute Gasteiger partial charge is 0.440 e. The predicted molar refractivity (Wildman–Crippen MR) is 68.2 cm³/mol. The van der Waals surface area contributed by atoms with E-state index in [9.17, 15) is 4.79 Å². The van der Waals surface area contributed by atoms with Crippen LogP contribution in [-0.4, -0.2) is 36.2 Å². The van der Waals surface area contributed by atoms with E-state index in [4.69, 9.17) is 4.74 Å². The Morgan fingerprint density at radius 3 is 2.89 bits per heavy atom. The van der Waals surface area contributed by atoms with Gasteiger partial charge in [0.05, 0.1) is 6.54 Å². The topological polar surface area (TPSA) is 41.6 Å². The maximum atomic E-state index is 11.9. The van der Waals surface area contributed by atoms with Gasteiger partial charge in [-0.1, -0.05) is 30.3 Å². The van der Waals surface area contributed by atoms with Gasteiger partial charge in [0.2, 0.25) is 0 Å². The Labute approximate surface area is 107 Å². The molecule has 1 spiro atoms. The van der Waals surface area contributed by atoms with Gasteiger partial charge in [0, 0.05) is 13.1 Å². The monoisotopic (exact) mass is 246 g/mol. The molecule has 4 heteroatoms. The highest BCUT2D eigenvalue weighted by atomic mass is 16.6. The molecule has 1 amide bonds. The zero-order valence-electron chi connectivity index (χ0n) is 10.4. The van der Waals surface area contributed by atoms with E-state index in [0.29, 0.717) is 13.1 Å². The molecule has 0 saturated carbocycles. The molecule has 0 aromatic heterocycles. The number of carbonyl (C=O) groups is 1. The van der Waals surface area contributed by atoms with E-state index in [1.165, 1.54) is 0 Å². The molecule has 3 rings (SSSR count). The van der Waals surface area contributed by atoms with Crippen molar-refractivity contribution in [3.8, 4) is 0 Å². The fraction of sp³-hybridized carbons (Fsp3) is 0.500. The van der Waals surface area contributed by atoms with E-state index in [1.807, 2.05) is 35.2 Å². The summed E-state index contributed by atoms with van der Waals surface area (Å²) in [6.45, 7) is 3.15. The number of nitrogens with one attached hydrogen (secondary N) is 1. The van der Waals surface area contributed by atoms with Gasteiger partial charge in [-0.05, 0) is 24.9 Å². The Kier molecular flexibility index (Phi) is 2.96. The van der Waals surface area contributed by atoms with Crippen molar-refractivity contribution in [1.29, 1.82) is 0 Å². The summed E-state index contributed by atoms with van der Waals surface area (Å²) >= 11 is 0. The van der Waals surface area contributed by atoms with Crippen molar-refractivity contribution in [2.24, 2.45) is 0 Å². The highest BCUT2D eigenvalue weighted by Gasteiger charge is 2.45. The summed E-state index contributed by atoms with van der Waals surface area (Å²) in [7, 11) is 0. The van der Waals surface area contributed by atoms with E-state index in [2.05, 4.69) is 5.32 Å². The average Bonchev–Trinajstić information content (AvgIpc) is 2.68. The molecule has 2 heterocycles. The third-order valence-electron chi connectivity index (χ3n) is 3.69. The Morgan fingerprint density at radius 1 is 1.33 bits per heavy atom. The molecule has 1 unspecified atom stereocenters. The van der Waals surface area contributed by atoms with Crippen LogP contribution in [0.3, 0.4) is 0 Å². The first kappa shape index (κ1) is 11.5. The van der Waals surface area contributed by atoms with Crippen LogP contribution < -0.4 is 5.32 Å². The van der Waals surface area contributed by atoms with E-state index in [1.54, 1.807) is 0 Å². The molecule has 0 aliphatic carbocycles. The molecular weight excluding hydrogens is 228 g/mol. The third kappa shape index (κ3) is 2.20. The van der Waals surface area contributed by atoms with Gasteiger partial charge in [-0.15, -0.1) is 0 Å². The van der Waals surface area contributed by atoms with Gasteiger partial charge in [-0.2, -0.15) is 0 Å². The smallest absolute Gasteiger partial charge is 0.410 e. The van der Waals surface area contributed by atoms with Crippen LogP contribution in [0.2, 0.25) is 0 Å². The second kappa shape index (κ2) is 4.61. The number of amides is 1. The van der Waals surface area contributed by atoms with Crippen molar-refractivity contribution >= 4 is 6.09 Å². The van der Waals surface area contributed by atoms with Crippen LogP contribution in [0.1, 0.15) is 18.4 Å². The number of benzene rings is 1.